The predicted octanol–water partition coefficient (Wildman–Crippen LogP) is 2.78. The van der Waals surface area contributed by atoms with Crippen molar-refractivity contribution >= 4 is 27.5 Å². The molecule has 0 aromatic carbocycles. The fourth-order valence-corrected chi connectivity index (χ4v) is 1.51. The van der Waals surface area contributed by atoms with E-state index >= 15 is 0 Å². The Balaban J connectivity index is 3.04. The van der Waals surface area contributed by atoms with Gasteiger partial charge in [-0.1, -0.05) is 11.6 Å². The molecule has 0 aliphatic carbocycles. The summed E-state index contributed by atoms with van der Waals surface area (Å²) in [6.07, 6.45) is 1.69. The lowest BCUT2D eigenvalue weighted by atomic mass is 10.1. The summed E-state index contributed by atoms with van der Waals surface area (Å²) < 4.78 is 0.948. The smallest absolute Gasteiger partial charge is 0.133 e. The Bertz CT molecular complexity index is 278. The second kappa shape index (κ2) is 4.21. The molecule has 1 atom stereocenters. The molecule has 12 heavy (non-hydrogen) atoms. The van der Waals surface area contributed by atoms with E-state index in [9.17, 15) is 0 Å². The molecule has 1 heterocycles. The van der Waals surface area contributed by atoms with Crippen molar-refractivity contribution in [1.82, 2.24) is 10.3 Å². The minimum Gasteiger partial charge on any atom is -0.313 e. The van der Waals surface area contributed by atoms with E-state index in [4.69, 9.17) is 11.6 Å². The van der Waals surface area contributed by atoms with Gasteiger partial charge in [-0.3, -0.25) is 0 Å². The van der Waals surface area contributed by atoms with E-state index in [-0.39, 0.29) is 6.04 Å². The van der Waals surface area contributed by atoms with E-state index in [1.54, 1.807) is 6.20 Å². The van der Waals surface area contributed by atoms with Crippen LogP contribution in [0.25, 0.3) is 0 Å². The maximum absolute atomic E-state index is 5.90. The standard InChI is InChI=1S/C8H10BrClN2/c1-5(11-2)7-3-6(9)4-12-8(7)10/h3-5,11H,1-2H3/t5-/m1/s1. The lowest BCUT2D eigenvalue weighted by Crippen LogP contribution is -2.13. The van der Waals surface area contributed by atoms with Crippen molar-refractivity contribution in [3.63, 3.8) is 0 Å². The van der Waals surface area contributed by atoms with Gasteiger partial charge in [-0.15, -0.1) is 0 Å². The van der Waals surface area contributed by atoms with Gasteiger partial charge in [0.2, 0.25) is 0 Å². The molecule has 0 unspecified atom stereocenters. The third-order valence-corrected chi connectivity index (χ3v) is 2.48. The van der Waals surface area contributed by atoms with Crippen molar-refractivity contribution in [3.05, 3.63) is 27.5 Å². The van der Waals surface area contributed by atoms with Crippen LogP contribution in [0.1, 0.15) is 18.5 Å². The Hall–Kier alpha value is -0.120. The molecule has 1 rings (SSSR count). The molecule has 66 valence electrons. The second-order valence-electron chi connectivity index (χ2n) is 2.54. The number of aromatic nitrogens is 1. The third kappa shape index (κ3) is 2.19. The summed E-state index contributed by atoms with van der Waals surface area (Å²) in [6, 6.07) is 2.19. The largest absolute Gasteiger partial charge is 0.313 e. The quantitative estimate of drug-likeness (QED) is 0.815. The topological polar surface area (TPSA) is 24.9 Å². The zero-order valence-corrected chi connectivity index (χ0v) is 9.28. The number of hydrogen-bond donors (Lipinski definition) is 1. The van der Waals surface area contributed by atoms with Crippen LogP contribution in [0.15, 0.2) is 16.7 Å². The SMILES string of the molecule is CN[C@H](C)c1cc(Br)cnc1Cl. The molecule has 0 aliphatic heterocycles. The molecule has 4 heteroatoms. The van der Waals surface area contributed by atoms with E-state index in [1.807, 2.05) is 20.0 Å². The molecule has 0 saturated heterocycles. The van der Waals surface area contributed by atoms with Crippen molar-refractivity contribution in [2.24, 2.45) is 0 Å². The highest BCUT2D eigenvalue weighted by Crippen LogP contribution is 2.23. The highest BCUT2D eigenvalue weighted by Gasteiger charge is 2.08. The molecule has 0 radical (unpaired) electrons. The first-order chi connectivity index (χ1) is 5.65. The summed E-state index contributed by atoms with van der Waals surface area (Å²) >= 11 is 9.24. The van der Waals surface area contributed by atoms with E-state index in [0.717, 1.165) is 10.0 Å². The molecule has 0 aliphatic rings. The Morgan fingerprint density at radius 3 is 2.92 bits per heavy atom. The highest BCUT2D eigenvalue weighted by molar-refractivity contribution is 9.10. The van der Waals surface area contributed by atoms with Gasteiger partial charge < -0.3 is 5.32 Å². The van der Waals surface area contributed by atoms with Crippen LogP contribution >= 0.6 is 27.5 Å². The van der Waals surface area contributed by atoms with Gasteiger partial charge in [-0.25, -0.2) is 4.98 Å². The summed E-state index contributed by atoms with van der Waals surface area (Å²) in [6.45, 7) is 2.04. The number of nitrogens with one attached hydrogen (secondary N) is 1. The molecule has 0 saturated carbocycles. The first-order valence-corrected chi connectivity index (χ1v) is 4.80. The summed E-state index contributed by atoms with van der Waals surface area (Å²) in [5.41, 5.74) is 1.01. The molecule has 0 fully saturated rings. The number of nitrogens with zero attached hydrogens (tertiary/aromatic N) is 1. The van der Waals surface area contributed by atoms with Crippen LogP contribution in [0, 0.1) is 0 Å². The third-order valence-electron chi connectivity index (χ3n) is 1.73. The highest BCUT2D eigenvalue weighted by atomic mass is 79.9. The predicted molar refractivity (Wildman–Crippen MR) is 54.4 cm³/mol. The lowest BCUT2D eigenvalue weighted by Gasteiger charge is -2.11. The van der Waals surface area contributed by atoms with Gasteiger partial charge in [0.15, 0.2) is 0 Å². The number of rotatable bonds is 2. The normalized spacial score (nSPS) is 13.0. The average Bonchev–Trinajstić information content (AvgIpc) is 2.08. The first kappa shape index (κ1) is 9.96. The van der Waals surface area contributed by atoms with E-state index in [1.165, 1.54) is 0 Å². The maximum Gasteiger partial charge on any atom is 0.133 e. The van der Waals surface area contributed by atoms with Gasteiger partial charge >= 0.3 is 0 Å². The van der Waals surface area contributed by atoms with Crippen molar-refractivity contribution in [3.8, 4) is 0 Å². The summed E-state index contributed by atoms with van der Waals surface area (Å²) in [4.78, 5) is 4.03. The summed E-state index contributed by atoms with van der Waals surface area (Å²) in [5, 5.41) is 3.66. The van der Waals surface area contributed by atoms with Gasteiger partial charge in [0.05, 0.1) is 0 Å². The molecule has 0 spiro atoms. The van der Waals surface area contributed by atoms with Crippen molar-refractivity contribution in [2.45, 2.75) is 13.0 Å². The monoisotopic (exact) mass is 248 g/mol. The minimum absolute atomic E-state index is 0.225. The summed E-state index contributed by atoms with van der Waals surface area (Å²) in [5.74, 6) is 0. The average molecular weight is 250 g/mol. The fourth-order valence-electron chi connectivity index (χ4n) is 0.897. The van der Waals surface area contributed by atoms with E-state index in [0.29, 0.717) is 5.15 Å². The van der Waals surface area contributed by atoms with Gasteiger partial charge in [0.25, 0.3) is 0 Å². The van der Waals surface area contributed by atoms with Crippen LogP contribution in [0.5, 0.6) is 0 Å². The van der Waals surface area contributed by atoms with Crippen LogP contribution in [0.3, 0.4) is 0 Å². The molecule has 1 aromatic rings. The molecular weight excluding hydrogens is 239 g/mol. The van der Waals surface area contributed by atoms with Crippen LogP contribution in [-0.4, -0.2) is 12.0 Å². The zero-order chi connectivity index (χ0) is 9.14. The van der Waals surface area contributed by atoms with Gasteiger partial charge in [0, 0.05) is 22.3 Å². The Morgan fingerprint density at radius 2 is 2.33 bits per heavy atom. The van der Waals surface area contributed by atoms with Crippen molar-refractivity contribution in [2.75, 3.05) is 7.05 Å². The number of hydrogen-bond acceptors (Lipinski definition) is 2. The molecule has 1 N–H and O–H groups in total. The van der Waals surface area contributed by atoms with Crippen molar-refractivity contribution < 1.29 is 0 Å². The number of halogens is 2. The number of pyridine rings is 1. The maximum atomic E-state index is 5.90. The Kier molecular flexibility index (Phi) is 3.50. The fraction of sp³-hybridized carbons (Fsp3) is 0.375. The van der Waals surface area contributed by atoms with Crippen LogP contribution < -0.4 is 5.32 Å². The molecule has 0 bridgehead atoms. The van der Waals surface area contributed by atoms with E-state index in [2.05, 4.69) is 26.2 Å². The molecule has 2 nitrogen and oxygen atoms in total. The van der Waals surface area contributed by atoms with Gasteiger partial charge in [0.1, 0.15) is 5.15 Å². The van der Waals surface area contributed by atoms with E-state index < -0.39 is 0 Å². The lowest BCUT2D eigenvalue weighted by molar-refractivity contribution is 0.649. The second-order valence-corrected chi connectivity index (χ2v) is 3.82. The Morgan fingerprint density at radius 1 is 1.67 bits per heavy atom. The van der Waals surface area contributed by atoms with Crippen LogP contribution in [0.4, 0.5) is 0 Å². The zero-order valence-electron chi connectivity index (χ0n) is 6.94. The van der Waals surface area contributed by atoms with Gasteiger partial charge in [-0.05, 0) is 36.0 Å². The van der Waals surface area contributed by atoms with Crippen LogP contribution in [-0.2, 0) is 0 Å². The Labute approximate surface area is 85.5 Å². The molecular formula is C8H10BrClN2. The van der Waals surface area contributed by atoms with Gasteiger partial charge in [-0.2, -0.15) is 0 Å². The molecule has 1 aromatic heterocycles. The summed E-state index contributed by atoms with van der Waals surface area (Å²) in [7, 11) is 1.89. The molecule has 0 amide bonds. The van der Waals surface area contributed by atoms with Crippen LogP contribution in [0.2, 0.25) is 5.15 Å². The first-order valence-electron chi connectivity index (χ1n) is 3.63. The van der Waals surface area contributed by atoms with Crippen molar-refractivity contribution in [1.29, 1.82) is 0 Å². The minimum atomic E-state index is 0.225.